The van der Waals surface area contributed by atoms with Crippen LogP contribution in [0.25, 0.3) is 0 Å². The van der Waals surface area contributed by atoms with Gasteiger partial charge in [-0.3, -0.25) is 10.1 Å². The van der Waals surface area contributed by atoms with Crippen LogP contribution in [0.1, 0.15) is 16.8 Å². The number of nitro groups is 1. The lowest BCUT2D eigenvalue weighted by Gasteiger charge is -2.09. The van der Waals surface area contributed by atoms with Crippen molar-refractivity contribution in [2.24, 2.45) is 7.05 Å². The lowest BCUT2D eigenvalue weighted by Crippen LogP contribution is -2.22. The fourth-order valence-electron chi connectivity index (χ4n) is 2.12. The third-order valence-corrected chi connectivity index (χ3v) is 4.52. The van der Waals surface area contributed by atoms with Crippen molar-refractivity contribution in [3.05, 3.63) is 40.2 Å². The molecule has 0 saturated carbocycles. The number of hydrogen-bond donors (Lipinski definition) is 0. The van der Waals surface area contributed by atoms with Crippen LogP contribution >= 0.6 is 11.8 Å². The van der Waals surface area contributed by atoms with Gasteiger partial charge in [0.15, 0.2) is 5.16 Å². The quantitative estimate of drug-likeness (QED) is 0.439. The summed E-state index contributed by atoms with van der Waals surface area (Å²) < 4.78 is 11.4. The van der Waals surface area contributed by atoms with E-state index in [0.29, 0.717) is 10.1 Å². The number of rotatable bonds is 5. The first-order valence-corrected chi connectivity index (χ1v) is 7.95. The molecular weight excluding hydrogens is 352 g/mol. The van der Waals surface area contributed by atoms with Crippen LogP contribution in [0.3, 0.4) is 0 Å². The van der Waals surface area contributed by atoms with Gasteiger partial charge in [-0.1, -0.05) is 0 Å². The minimum atomic E-state index is -0.973. The molecule has 25 heavy (non-hydrogen) atoms. The molecule has 1 atom stereocenters. The van der Waals surface area contributed by atoms with Gasteiger partial charge in [0, 0.05) is 19.5 Å². The number of hydrogen-bond acceptors (Lipinski definition) is 9. The number of aryl methyl sites for hydroxylation is 1. The zero-order chi connectivity index (χ0) is 18.0. The molecule has 0 N–H and O–H groups in total. The number of nitro benzene ring substituents is 1. The van der Waals surface area contributed by atoms with Gasteiger partial charge in [0.25, 0.3) is 5.69 Å². The van der Waals surface area contributed by atoms with Gasteiger partial charge < -0.3 is 14.0 Å². The van der Waals surface area contributed by atoms with Crippen LogP contribution in [0, 0.1) is 10.1 Å². The van der Waals surface area contributed by atoms with Gasteiger partial charge in [-0.05, 0) is 23.9 Å². The molecule has 0 unspecified atom stereocenters. The lowest BCUT2D eigenvalue weighted by molar-refractivity contribution is -0.387. The Morgan fingerprint density at radius 3 is 2.92 bits per heavy atom. The van der Waals surface area contributed by atoms with Crippen LogP contribution in [0.2, 0.25) is 0 Å². The van der Waals surface area contributed by atoms with Gasteiger partial charge in [0.05, 0.1) is 22.0 Å². The first-order chi connectivity index (χ1) is 12.0. The molecule has 1 aliphatic rings. The maximum Gasteiger partial charge on any atom is 0.347 e. The molecule has 2 aromatic rings. The molecular formula is C14H12N4O6S. The largest absolute Gasteiger partial charge is 0.463 e. The highest BCUT2D eigenvalue weighted by molar-refractivity contribution is 7.99. The van der Waals surface area contributed by atoms with Gasteiger partial charge in [0.2, 0.25) is 6.10 Å². The minimum absolute atomic E-state index is 0.0197. The summed E-state index contributed by atoms with van der Waals surface area (Å²) >= 11 is 1.05. The number of carbonyl (C=O) groups excluding carboxylic acids is 2. The highest BCUT2D eigenvalue weighted by atomic mass is 32.2. The van der Waals surface area contributed by atoms with Crippen molar-refractivity contribution in [2.45, 2.75) is 22.6 Å². The van der Waals surface area contributed by atoms with E-state index in [0.717, 1.165) is 17.8 Å². The Morgan fingerprint density at radius 1 is 1.52 bits per heavy atom. The molecule has 1 aliphatic heterocycles. The normalized spacial score (nSPS) is 16.5. The van der Waals surface area contributed by atoms with Gasteiger partial charge in [-0.15, -0.1) is 10.2 Å². The van der Waals surface area contributed by atoms with E-state index >= 15 is 0 Å². The highest BCUT2D eigenvalue weighted by Crippen LogP contribution is 2.34. The van der Waals surface area contributed by atoms with E-state index in [2.05, 4.69) is 10.2 Å². The molecule has 1 fully saturated rings. The van der Waals surface area contributed by atoms with Crippen molar-refractivity contribution >= 4 is 29.4 Å². The van der Waals surface area contributed by atoms with Crippen molar-refractivity contribution in [2.75, 3.05) is 6.61 Å². The molecule has 130 valence electrons. The number of benzene rings is 1. The Balaban J connectivity index is 1.83. The predicted octanol–water partition coefficient (Wildman–Crippen LogP) is 1.35. The summed E-state index contributed by atoms with van der Waals surface area (Å²) in [6.07, 6.45) is 0.770. The van der Waals surface area contributed by atoms with Crippen molar-refractivity contribution in [3.63, 3.8) is 0 Å². The van der Waals surface area contributed by atoms with Gasteiger partial charge >= 0.3 is 11.9 Å². The molecule has 3 rings (SSSR count). The standard InChI is InChI=1S/C14H12N4O6S/c1-17-7-15-16-14(17)25-11-3-2-8(6-9(11)18(21)22)12(19)24-10-4-5-23-13(10)20/h2-3,6-7,10H,4-5H2,1H3/t10-/m0/s1. The maximum atomic E-state index is 12.1. The molecule has 0 bridgehead atoms. The van der Waals surface area contributed by atoms with Crippen molar-refractivity contribution in [3.8, 4) is 0 Å². The molecule has 11 heteroatoms. The second-order valence-corrected chi connectivity index (χ2v) is 6.13. The Bertz CT molecular complexity index is 852. The van der Waals surface area contributed by atoms with Gasteiger partial charge in [-0.25, -0.2) is 9.59 Å². The average molecular weight is 364 g/mol. The minimum Gasteiger partial charge on any atom is -0.463 e. The van der Waals surface area contributed by atoms with E-state index in [4.69, 9.17) is 9.47 Å². The number of nitrogens with zero attached hydrogens (tertiary/aromatic N) is 4. The molecule has 10 nitrogen and oxygen atoms in total. The van der Waals surface area contributed by atoms with Gasteiger partial charge in [0.1, 0.15) is 6.33 Å². The summed E-state index contributed by atoms with van der Waals surface area (Å²) in [6.45, 7) is 0.185. The Kier molecular flexibility index (Phi) is 4.65. The molecule has 1 aromatic carbocycles. The van der Waals surface area contributed by atoms with Crippen molar-refractivity contribution in [1.29, 1.82) is 0 Å². The average Bonchev–Trinajstić information content (AvgIpc) is 3.16. The Labute approximate surface area is 145 Å². The van der Waals surface area contributed by atoms with E-state index in [1.54, 1.807) is 11.6 Å². The number of carbonyl (C=O) groups is 2. The Morgan fingerprint density at radius 2 is 2.32 bits per heavy atom. The van der Waals surface area contributed by atoms with E-state index < -0.39 is 23.0 Å². The van der Waals surface area contributed by atoms with Crippen LogP contribution < -0.4 is 0 Å². The summed E-state index contributed by atoms with van der Waals surface area (Å²) in [7, 11) is 1.71. The van der Waals surface area contributed by atoms with Crippen molar-refractivity contribution < 1.29 is 24.0 Å². The van der Waals surface area contributed by atoms with Gasteiger partial charge in [-0.2, -0.15) is 0 Å². The first-order valence-electron chi connectivity index (χ1n) is 7.13. The molecule has 1 aromatic heterocycles. The van der Waals surface area contributed by atoms with E-state index in [1.165, 1.54) is 18.5 Å². The SMILES string of the molecule is Cn1cnnc1Sc1ccc(C(=O)O[C@H]2CCOC2=O)cc1[N+](=O)[O-]. The zero-order valence-corrected chi connectivity index (χ0v) is 13.8. The first kappa shape index (κ1) is 16.9. The summed E-state index contributed by atoms with van der Waals surface area (Å²) in [4.78, 5) is 34.5. The fourth-order valence-corrected chi connectivity index (χ4v) is 2.97. The Hall–Kier alpha value is -2.95. The fraction of sp³-hybridized carbons (Fsp3) is 0.286. The summed E-state index contributed by atoms with van der Waals surface area (Å²) in [6, 6.07) is 3.94. The van der Waals surface area contributed by atoms with Crippen LogP contribution in [-0.4, -0.2) is 44.3 Å². The van der Waals surface area contributed by atoms with E-state index in [1.807, 2.05) is 0 Å². The monoisotopic (exact) mass is 364 g/mol. The summed E-state index contributed by atoms with van der Waals surface area (Å²) in [5.41, 5.74) is -0.287. The summed E-state index contributed by atoms with van der Waals surface area (Å²) in [5, 5.41) is 19.4. The second kappa shape index (κ2) is 6.89. The molecule has 0 spiro atoms. The van der Waals surface area contributed by atoms with Crippen LogP contribution in [0.5, 0.6) is 0 Å². The second-order valence-electron chi connectivity index (χ2n) is 5.12. The highest BCUT2D eigenvalue weighted by Gasteiger charge is 2.31. The third-order valence-electron chi connectivity index (χ3n) is 3.40. The molecule has 1 saturated heterocycles. The van der Waals surface area contributed by atoms with E-state index in [9.17, 15) is 19.7 Å². The summed E-state index contributed by atoms with van der Waals surface area (Å²) in [5.74, 6) is -1.43. The van der Waals surface area contributed by atoms with E-state index in [-0.39, 0.29) is 24.3 Å². The molecule has 2 heterocycles. The number of ether oxygens (including phenoxy) is 2. The number of esters is 2. The number of cyclic esters (lactones) is 1. The van der Waals surface area contributed by atoms with Crippen molar-refractivity contribution in [1.82, 2.24) is 14.8 Å². The molecule has 0 radical (unpaired) electrons. The smallest absolute Gasteiger partial charge is 0.347 e. The topological polar surface area (TPSA) is 126 Å². The predicted molar refractivity (Wildman–Crippen MR) is 83.0 cm³/mol. The van der Waals surface area contributed by atoms with Crippen LogP contribution in [0.15, 0.2) is 34.6 Å². The molecule has 0 aliphatic carbocycles. The zero-order valence-electron chi connectivity index (χ0n) is 12.9. The third kappa shape index (κ3) is 3.60. The molecule has 0 amide bonds. The number of aromatic nitrogens is 3. The van der Waals surface area contributed by atoms with Crippen LogP contribution in [0.4, 0.5) is 5.69 Å². The maximum absolute atomic E-state index is 12.1. The van der Waals surface area contributed by atoms with Crippen LogP contribution in [-0.2, 0) is 21.3 Å². The lowest BCUT2D eigenvalue weighted by atomic mass is 10.2.